The minimum absolute atomic E-state index is 0.0963. The molecule has 0 radical (unpaired) electrons. The van der Waals surface area contributed by atoms with Crippen molar-refractivity contribution >= 4 is 29.0 Å². The SMILES string of the molecule is COc1c(Cl)nc(Cl)nc1NC(C)C. The van der Waals surface area contributed by atoms with Crippen molar-refractivity contribution in [1.82, 2.24) is 9.97 Å². The quantitative estimate of drug-likeness (QED) is 0.647. The molecule has 6 heteroatoms. The summed E-state index contributed by atoms with van der Waals surface area (Å²) >= 11 is 11.5. The van der Waals surface area contributed by atoms with Gasteiger partial charge in [0.1, 0.15) is 0 Å². The van der Waals surface area contributed by atoms with Crippen LogP contribution in [0.15, 0.2) is 0 Å². The van der Waals surface area contributed by atoms with Gasteiger partial charge < -0.3 is 10.1 Å². The van der Waals surface area contributed by atoms with Gasteiger partial charge >= 0.3 is 0 Å². The Morgan fingerprint density at radius 1 is 1.29 bits per heavy atom. The fourth-order valence-electron chi connectivity index (χ4n) is 0.950. The molecule has 1 heterocycles. The summed E-state index contributed by atoms with van der Waals surface area (Å²) in [5.74, 6) is 0.914. The number of halogens is 2. The maximum absolute atomic E-state index is 5.82. The van der Waals surface area contributed by atoms with Crippen LogP contribution in [0.25, 0.3) is 0 Å². The van der Waals surface area contributed by atoms with Gasteiger partial charge in [0.15, 0.2) is 16.7 Å². The lowest BCUT2D eigenvalue weighted by molar-refractivity contribution is 0.412. The Balaban J connectivity index is 3.11. The van der Waals surface area contributed by atoms with E-state index in [2.05, 4.69) is 15.3 Å². The number of aromatic nitrogens is 2. The zero-order valence-corrected chi connectivity index (χ0v) is 9.65. The van der Waals surface area contributed by atoms with Gasteiger partial charge in [0.25, 0.3) is 0 Å². The molecule has 0 spiro atoms. The number of hydrogen-bond acceptors (Lipinski definition) is 4. The average Bonchev–Trinajstić information content (AvgIpc) is 2.01. The highest BCUT2D eigenvalue weighted by Crippen LogP contribution is 2.30. The van der Waals surface area contributed by atoms with Gasteiger partial charge in [0.2, 0.25) is 5.28 Å². The number of methoxy groups -OCH3 is 1. The maximum Gasteiger partial charge on any atom is 0.226 e. The van der Waals surface area contributed by atoms with Gasteiger partial charge in [-0.05, 0) is 25.4 Å². The summed E-state index contributed by atoms with van der Waals surface area (Å²) in [5, 5.41) is 3.36. The fourth-order valence-corrected chi connectivity index (χ4v) is 1.41. The number of nitrogens with one attached hydrogen (secondary N) is 1. The molecule has 1 aromatic rings. The van der Waals surface area contributed by atoms with E-state index >= 15 is 0 Å². The molecule has 1 rings (SSSR count). The van der Waals surface area contributed by atoms with Crippen LogP contribution in [0.1, 0.15) is 13.8 Å². The van der Waals surface area contributed by atoms with Crippen LogP contribution in [-0.4, -0.2) is 23.1 Å². The van der Waals surface area contributed by atoms with Gasteiger partial charge in [0.05, 0.1) is 7.11 Å². The third-order valence-electron chi connectivity index (χ3n) is 1.43. The minimum Gasteiger partial charge on any atom is -0.490 e. The first kappa shape index (κ1) is 11.3. The van der Waals surface area contributed by atoms with Crippen LogP contribution in [0.5, 0.6) is 5.75 Å². The lowest BCUT2D eigenvalue weighted by Gasteiger charge is -2.13. The summed E-state index contributed by atoms with van der Waals surface area (Å²) in [6.45, 7) is 3.95. The molecule has 0 bridgehead atoms. The third-order valence-corrected chi connectivity index (χ3v) is 1.85. The molecule has 0 aliphatic rings. The van der Waals surface area contributed by atoms with Crippen LogP contribution in [0.4, 0.5) is 5.82 Å². The smallest absolute Gasteiger partial charge is 0.226 e. The highest BCUT2D eigenvalue weighted by Gasteiger charge is 2.13. The molecular formula is C8H11Cl2N3O. The van der Waals surface area contributed by atoms with Crippen LogP contribution in [0, 0.1) is 0 Å². The average molecular weight is 236 g/mol. The van der Waals surface area contributed by atoms with Crippen molar-refractivity contribution in [2.45, 2.75) is 19.9 Å². The Morgan fingerprint density at radius 3 is 2.43 bits per heavy atom. The van der Waals surface area contributed by atoms with Gasteiger partial charge in [-0.15, -0.1) is 0 Å². The predicted molar refractivity (Wildman–Crippen MR) is 57.4 cm³/mol. The second kappa shape index (κ2) is 4.66. The van der Waals surface area contributed by atoms with Crippen molar-refractivity contribution < 1.29 is 4.74 Å². The molecule has 14 heavy (non-hydrogen) atoms. The third kappa shape index (κ3) is 2.62. The van der Waals surface area contributed by atoms with Crippen LogP contribution in [0.3, 0.4) is 0 Å². The summed E-state index contributed by atoms with van der Waals surface area (Å²) in [7, 11) is 1.50. The fraction of sp³-hybridized carbons (Fsp3) is 0.500. The Morgan fingerprint density at radius 2 is 1.93 bits per heavy atom. The topological polar surface area (TPSA) is 47.0 Å². The molecule has 0 atom stereocenters. The van der Waals surface area contributed by atoms with E-state index in [9.17, 15) is 0 Å². The molecular weight excluding hydrogens is 225 g/mol. The summed E-state index contributed by atoms with van der Waals surface area (Å²) in [5.41, 5.74) is 0. The van der Waals surface area contributed by atoms with Crippen molar-refractivity contribution in [1.29, 1.82) is 0 Å². The van der Waals surface area contributed by atoms with E-state index < -0.39 is 0 Å². The van der Waals surface area contributed by atoms with Crippen LogP contribution >= 0.6 is 23.2 Å². The molecule has 0 saturated carbocycles. The summed E-state index contributed by atoms with van der Waals surface area (Å²) in [6, 6.07) is 0.214. The second-order valence-electron chi connectivity index (χ2n) is 2.96. The lowest BCUT2D eigenvalue weighted by atomic mass is 10.4. The Kier molecular flexibility index (Phi) is 3.77. The van der Waals surface area contributed by atoms with Crippen molar-refractivity contribution in [3.63, 3.8) is 0 Å². The number of rotatable bonds is 3. The van der Waals surface area contributed by atoms with E-state index in [4.69, 9.17) is 27.9 Å². The maximum atomic E-state index is 5.82. The molecule has 0 aromatic carbocycles. The van der Waals surface area contributed by atoms with E-state index in [1.807, 2.05) is 13.8 Å². The first-order valence-corrected chi connectivity index (χ1v) is 4.83. The Labute approximate surface area is 92.6 Å². The van der Waals surface area contributed by atoms with E-state index in [0.29, 0.717) is 11.6 Å². The summed E-state index contributed by atoms with van der Waals surface area (Å²) in [6.07, 6.45) is 0. The van der Waals surface area contributed by atoms with E-state index in [0.717, 1.165) is 0 Å². The van der Waals surface area contributed by atoms with Crippen LogP contribution < -0.4 is 10.1 Å². The highest BCUT2D eigenvalue weighted by atomic mass is 35.5. The molecule has 1 aromatic heterocycles. The zero-order valence-electron chi connectivity index (χ0n) is 8.14. The van der Waals surface area contributed by atoms with E-state index in [1.165, 1.54) is 7.11 Å². The highest BCUT2D eigenvalue weighted by molar-refractivity contribution is 6.33. The first-order chi connectivity index (χ1) is 6.54. The Hall–Kier alpha value is -0.740. The number of ether oxygens (including phenoxy) is 1. The van der Waals surface area contributed by atoms with Crippen molar-refractivity contribution in [2.75, 3.05) is 12.4 Å². The van der Waals surface area contributed by atoms with Gasteiger partial charge in [-0.1, -0.05) is 11.6 Å². The van der Waals surface area contributed by atoms with E-state index in [1.54, 1.807) is 0 Å². The largest absolute Gasteiger partial charge is 0.490 e. The van der Waals surface area contributed by atoms with Crippen LogP contribution in [0.2, 0.25) is 10.4 Å². The van der Waals surface area contributed by atoms with E-state index in [-0.39, 0.29) is 16.5 Å². The molecule has 0 aliphatic carbocycles. The van der Waals surface area contributed by atoms with Gasteiger partial charge in [-0.3, -0.25) is 0 Å². The predicted octanol–water partition coefficient (Wildman–Crippen LogP) is 2.61. The van der Waals surface area contributed by atoms with Gasteiger partial charge in [-0.25, -0.2) is 4.98 Å². The molecule has 0 unspecified atom stereocenters. The monoisotopic (exact) mass is 235 g/mol. The Bertz CT molecular complexity index is 331. The van der Waals surface area contributed by atoms with Gasteiger partial charge in [0, 0.05) is 6.04 Å². The number of anilines is 1. The first-order valence-electron chi connectivity index (χ1n) is 4.08. The van der Waals surface area contributed by atoms with Crippen molar-refractivity contribution in [3.8, 4) is 5.75 Å². The second-order valence-corrected chi connectivity index (χ2v) is 3.66. The number of nitrogens with zero attached hydrogens (tertiary/aromatic N) is 2. The van der Waals surface area contributed by atoms with Gasteiger partial charge in [-0.2, -0.15) is 4.98 Å². The standard InChI is InChI=1S/C8H11Cl2N3O/c1-4(2)11-7-5(14-3)6(9)12-8(10)13-7/h4H,1-3H3,(H,11,12,13). The number of hydrogen-bond donors (Lipinski definition) is 1. The zero-order chi connectivity index (χ0) is 10.7. The molecule has 0 fully saturated rings. The molecule has 0 amide bonds. The molecule has 78 valence electrons. The van der Waals surface area contributed by atoms with Crippen LogP contribution in [-0.2, 0) is 0 Å². The normalized spacial score (nSPS) is 10.4. The molecule has 1 N–H and O–H groups in total. The summed E-state index contributed by atoms with van der Waals surface area (Å²) < 4.78 is 5.05. The van der Waals surface area contributed by atoms with Crippen molar-refractivity contribution in [3.05, 3.63) is 10.4 Å². The minimum atomic E-state index is 0.0963. The molecule has 4 nitrogen and oxygen atoms in total. The molecule has 0 aliphatic heterocycles. The molecule has 0 saturated heterocycles. The summed E-state index contributed by atoms with van der Waals surface area (Å²) in [4.78, 5) is 7.75. The van der Waals surface area contributed by atoms with Crippen molar-refractivity contribution in [2.24, 2.45) is 0 Å². The lowest BCUT2D eigenvalue weighted by Crippen LogP contribution is -2.12.